The summed E-state index contributed by atoms with van der Waals surface area (Å²) in [6, 6.07) is 0. The molecular formula is C16H22N2O5S. The van der Waals surface area contributed by atoms with Gasteiger partial charge in [0.15, 0.2) is 0 Å². The van der Waals surface area contributed by atoms with Crippen LogP contribution in [0.4, 0.5) is 9.80 Å². The highest BCUT2D eigenvalue weighted by Crippen LogP contribution is 2.37. The van der Waals surface area contributed by atoms with E-state index in [4.69, 9.17) is 9.47 Å². The molecule has 1 N–H and O–H groups in total. The Morgan fingerprint density at radius 2 is 2.04 bits per heavy atom. The highest BCUT2D eigenvalue weighted by atomic mass is 32.1. The number of methoxy groups -OCH3 is 1. The minimum Gasteiger partial charge on any atom is -0.462 e. The molecule has 8 heteroatoms. The van der Waals surface area contributed by atoms with Crippen LogP contribution in [0.15, 0.2) is 0 Å². The predicted molar refractivity (Wildman–Crippen MR) is 90.3 cm³/mol. The Bertz CT molecular complexity index is 641. The van der Waals surface area contributed by atoms with E-state index >= 15 is 0 Å². The standard InChI is InChI=1S/C16H22N2O5S/c1-4-6-12(19)17-14-13(15(20)23-5-2)10-7-8-18(16(21)22-3)9-11(10)24-14/h4-9H2,1-3H3,(H,17,19). The van der Waals surface area contributed by atoms with E-state index in [-0.39, 0.29) is 12.5 Å². The number of amides is 2. The molecule has 7 nitrogen and oxygen atoms in total. The molecule has 0 saturated heterocycles. The molecule has 1 aliphatic heterocycles. The maximum absolute atomic E-state index is 12.3. The van der Waals surface area contributed by atoms with Crippen molar-refractivity contribution in [1.29, 1.82) is 0 Å². The first-order valence-corrected chi connectivity index (χ1v) is 8.77. The lowest BCUT2D eigenvalue weighted by atomic mass is 10.0. The molecule has 132 valence electrons. The third-order valence-electron chi connectivity index (χ3n) is 3.70. The Kier molecular flexibility index (Phi) is 6.19. The summed E-state index contributed by atoms with van der Waals surface area (Å²) in [6.07, 6.45) is 1.24. The molecule has 1 aliphatic rings. The molecule has 0 aromatic carbocycles. The number of thiophene rings is 1. The van der Waals surface area contributed by atoms with Gasteiger partial charge in [0, 0.05) is 17.8 Å². The van der Waals surface area contributed by atoms with Crippen LogP contribution < -0.4 is 5.32 Å². The van der Waals surface area contributed by atoms with Gasteiger partial charge in [0.2, 0.25) is 5.91 Å². The summed E-state index contributed by atoms with van der Waals surface area (Å²) in [5, 5.41) is 3.31. The number of hydrogen-bond donors (Lipinski definition) is 1. The van der Waals surface area contributed by atoms with E-state index in [2.05, 4.69) is 5.32 Å². The number of hydrogen-bond acceptors (Lipinski definition) is 6. The van der Waals surface area contributed by atoms with Gasteiger partial charge < -0.3 is 19.7 Å². The third-order valence-corrected chi connectivity index (χ3v) is 4.83. The predicted octanol–water partition coefficient (Wildman–Crippen LogP) is 2.79. The quantitative estimate of drug-likeness (QED) is 0.822. The van der Waals surface area contributed by atoms with E-state index in [9.17, 15) is 14.4 Å². The van der Waals surface area contributed by atoms with E-state index in [0.717, 1.165) is 16.9 Å². The van der Waals surface area contributed by atoms with Crippen LogP contribution in [0.25, 0.3) is 0 Å². The molecule has 2 rings (SSSR count). The fourth-order valence-corrected chi connectivity index (χ4v) is 3.88. The lowest BCUT2D eigenvalue weighted by Gasteiger charge is -2.25. The molecule has 2 heterocycles. The summed E-state index contributed by atoms with van der Waals surface area (Å²) in [5.41, 5.74) is 1.27. The molecule has 0 atom stereocenters. The van der Waals surface area contributed by atoms with E-state index in [1.165, 1.54) is 18.4 Å². The largest absolute Gasteiger partial charge is 0.462 e. The fourth-order valence-electron chi connectivity index (χ4n) is 2.61. The topological polar surface area (TPSA) is 84.9 Å². The first-order chi connectivity index (χ1) is 11.5. The highest BCUT2D eigenvalue weighted by Gasteiger charge is 2.31. The minimum absolute atomic E-state index is 0.133. The van der Waals surface area contributed by atoms with Crippen molar-refractivity contribution < 1.29 is 23.9 Å². The monoisotopic (exact) mass is 354 g/mol. The molecule has 0 saturated carbocycles. The third kappa shape index (κ3) is 3.87. The summed E-state index contributed by atoms with van der Waals surface area (Å²) >= 11 is 1.32. The number of fused-ring (bicyclic) bond motifs is 1. The zero-order valence-electron chi connectivity index (χ0n) is 14.1. The summed E-state index contributed by atoms with van der Waals surface area (Å²) in [6.45, 7) is 4.75. The number of nitrogens with one attached hydrogen (secondary N) is 1. The Morgan fingerprint density at radius 1 is 1.29 bits per heavy atom. The molecule has 1 aromatic rings. The lowest BCUT2D eigenvalue weighted by molar-refractivity contribution is -0.116. The number of ether oxygens (including phenoxy) is 2. The van der Waals surface area contributed by atoms with Crippen molar-refractivity contribution in [1.82, 2.24) is 4.90 Å². The molecule has 0 fully saturated rings. The Labute approximate surface area is 144 Å². The van der Waals surface area contributed by atoms with Crippen LogP contribution in [0.2, 0.25) is 0 Å². The molecule has 0 aliphatic carbocycles. The zero-order chi connectivity index (χ0) is 17.7. The maximum Gasteiger partial charge on any atom is 0.409 e. The van der Waals surface area contributed by atoms with Gasteiger partial charge in [-0.05, 0) is 25.3 Å². The highest BCUT2D eigenvalue weighted by molar-refractivity contribution is 7.17. The van der Waals surface area contributed by atoms with Crippen LogP contribution in [0.5, 0.6) is 0 Å². The molecule has 0 bridgehead atoms. The van der Waals surface area contributed by atoms with Gasteiger partial charge in [0.05, 0.1) is 25.8 Å². The van der Waals surface area contributed by atoms with Crippen molar-refractivity contribution in [3.05, 3.63) is 16.0 Å². The second-order valence-electron chi connectivity index (χ2n) is 5.37. The van der Waals surface area contributed by atoms with E-state index in [0.29, 0.717) is 36.5 Å². The molecule has 0 radical (unpaired) electrons. The van der Waals surface area contributed by atoms with Crippen LogP contribution >= 0.6 is 11.3 Å². The van der Waals surface area contributed by atoms with Gasteiger partial charge in [-0.1, -0.05) is 6.92 Å². The number of rotatable bonds is 5. The van der Waals surface area contributed by atoms with Crippen molar-refractivity contribution >= 4 is 34.3 Å². The summed E-state index contributed by atoms with van der Waals surface area (Å²) < 4.78 is 9.90. The second kappa shape index (κ2) is 8.14. The van der Waals surface area contributed by atoms with Gasteiger partial charge in [0.1, 0.15) is 5.00 Å². The van der Waals surface area contributed by atoms with Crippen molar-refractivity contribution in [2.24, 2.45) is 0 Å². The normalized spacial score (nSPS) is 13.2. The molecule has 0 spiro atoms. The summed E-state index contributed by atoms with van der Waals surface area (Å²) in [5.74, 6) is -0.570. The van der Waals surface area contributed by atoms with Gasteiger partial charge in [0.25, 0.3) is 0 Å². The van der Waals surface area contributed by atoms with Gasteiger partial charge in [-0.25, -0.2) is 9.59 Å². The van der Waals surface area contributed by atoms with Crippen LogP contribution in [0.1, 0.15) is 47.5 Å². The van der Waals surface area contributed by atoms with Crippen LogP contribution in [-0.2, 0) is 27.2 Å². The van der Waals surface area contributed by atoms with Crippen molar-refractivity contribution in [3.8, 4) is 0 Å². The van der Waals surface area contributed by atoms with E-state index < -0.39 is 12.1 Å². The number of anilines is 1. The Hall–Kier alpha value is -2.09. The smallest absolute Gasteiger partial charge is 0.409 e. The minimum atomic E-state index is -0.437. The first-order valence-electron chi connectivity index (χ1n) is 7.96. The van der Waals surface area contributed by atoms with Crippen LogP contribution in [0.3, 0.4) is 0 Å². The van der Waals surface area contributed by atoms with E-state index in [1.807, 2.05) is 6.92 Å². The first kappa shape index (κ1) is 18.3. The number of carbonyl (C=O) groups is 3. The molecule has 1 aromatic heterocycles. The molecule has 2 amide bonds. The summed E-state index contributed by atoms with van der Waals surface area (Å²) in [4.78, 5) is 38.4. The average molecular weight is 354 g/mol. The van der Waals surface area contributed by atoms with Crippen LogP contribution in [0, 0.1) is 0 Å². The summed E-state index contributed by atoms with van der Waals surface area (Å²) in [7, 11) is 1.34. The zero-order valence-corrected chi connectivity index (χ0v) is 15.0. The van der Waals surface area contributed by atoms with Crippen LogP contribution in [-0.4, -0.2) is 43.1 Å². The van der Waals surface area contributed by atoms with Gasteiger partial charge in [-0.3, -0.25) is 4.79 Å². The maximum atomic E-state index is 12.3. The molecular weight excluding hydrogens is 332 g/mol. The van der Waals surface area contributed by atoms with Gasteiger partial charge in [-0.15, -0.1) is 11.3 Å². The number of esters is 1. The lowest BCUT2D eigenvalue weighted by Crippen LogP contribution is -2.35. The molecule has 0 unspecified atom stereocenters. The van der Waals surface area contributed by atoms with Gasteiger partial charge >= 0.3 is 12.1 Å². The SMILES string of the molecule is CCCC(=O)Nc1sc2c(c1C(=O)OCC)CCN(C(=O)OC)C2. The van der Waals surface area contributed by atoms with Crippen molar-refractivity contribution in [2.75, 3.05) is 25.6 Å². The van der Waals surface area contributed by atoms with Crippen molar-refractivity contribution in [2.45, 2.75) is 39.7 Å². The fraction of sp³-hybridized carbons (Fsp3) is 0.562. The number of carbonyl (C=O) groups excluding carboxylic acids is 3. The second-order valence-corrected chi connectivity index (χ2v) is 6.47. The average Bonchev–Trinajstić information content (AvgIpc) is 2.91. The van der Waals surface area contributed by atoms with Gasteiger partial charge in [-0.2, -0.15) is 0 Å². The Balaban J connectivity index is 2.33. The molecule has 24 heavy (non-hydrogen) atoms. The Morgan fingerprint density at radius 3 is 2.67 bits per heavy atom. The number of nitrogens with zero attached hydrogens (tertiary/aromatic N) is 1. The van der Waals surface area contributed by atoms with Crippen molar-refractivity contribution in [3.63, 3.8) is 0 Å². The van der Waals surface area contributed by atoms with E-state index in [1.54, 1.807) is 11.8 Å².